The summed E-state index contributed by atoms with van der Waals surface area (Å²) < 4.78 is 12.3. The molecule has 2 atom stereocenters. The summed E-state index contributed by atoms with van der Waals surface area (Å²) in [6.45, 7) is 6.08. The summed E-state index contributed by atoms with van der Waals surface area (Å²) in [5, 5.41) is 5.46. The molecule has 1 aliphatic rings. The number of hydrogen-bond acceptors (Lipinski definition) is 3. The number of para-hydroxylation sites is 1. The van der Waals surface area contributed by atoms with Crippen molar-refractivity contribution in [2.45, 2.75) is 57.8 Å². The lowest BCUT2D eigenvalue weighted by molar-refractivity contribution is -0.128. The number of benzene rings is 3. The summed E-state index contributed by atoms with van der Waals surface area (Å²) in [7, 11) is 0. The van der Waals surface area contributed by atoms with Gasteiger partial charge in [-0.3, -0.25) is 4.79 Å². The highest BCUT2D eigenvalue weighted by atomic mass is 16.5. The Morgan fingerprint density at radius 3 is 2.53 bits per heavy atom. The minimum absolute atomic E-state index is 0.0926. The average Bonchev–Trinajstić information content (AvgIpc) is 2.78. The van der Waals surface area contributed by atoms with E-state index < -0.39 is 6.10 Å². The van der Waals surface area contributed by atoms with Crippen molar-refractivity contribution >= 4 is 16.7 Å². The molecular formula is C26H29NO3. The van der Waals surface area contributed by atoms with Crippen LogP contribution >= 0.6 is 0 Å². The van der Waals surface area contributed by atoms with E-state index in [0.717, 1.165) is 41.3 Å². The second kappa shape index (κ2) is 8.39. The summed E-state index contributed by atoms with van der Waals surface area (Å²) in [6.07, 6.45) is 1.95. The molecule has 0 spiro atoms. The lowest BCUT2D eigenvalue weighted by Crippen LogP contribution is -2.46. The second-order valence-corrected chi connectivity index (χ2v) is 8.06. The quantitative estimate of drug-likeness (QED) is 0.565. The Kier molecular flexibility index (Phi) is 5.67. The first kappa shape index (κ1) is 20.3. The normalized spacial score (nSPS) is 18.2. The van der Waals surface area contributed by atoms with Crippen molar-refractivity contribution in [3.63, 3.8) is 0 Å². The van der Waals surface area contributed by atoms with Crippen molar-refractivity contribution < 1.29 is 14.3 Å². The molecule has 1 amide bonds. The van der Waals surface area contributed by atoms with E-state index in [2.05, 4.69) is 25.2 Å². The lowest BCUT2D eigenvalue weighted by atomic mass is 9.83. The Balaban J connectivity index is 1.50. The first-order chi connectivity index (χ1) is 14.5. The van der Waals surface area contributed by atoms with Crippen molar-refractivity contribution in [1.29, 1.82) is 0 Å². The average molecular weight is 404 g/mol. The molecule has 4 rings (SSSR count). The van der Waals surface area contributed by atoms with Gasteiger partial charge in [-0.25, -0.2) is 0 Å². The largest absolute Gasteiger partial charge is 0.487 e. The standard InChI is InChI=1S/C26H29NO3/c1-4-26(5-2)17-23(22-12-8-9-13-24(22)30-26)27-25(28)18(3)29-21-15-14-19-10-6-7-11-20(19)16-21/h6-16,18,23H,4-5,17H2,1-3H3,(H,27,28)/t18-,23-/m1/s1. The van der Waals surface area contributed by atoms with Crippen LogP contribution in [-0.2, 0) is 4.79 Å². The zero-order valence-electron chi connectivity index (χ0n) is 17.9. The van der Waals surface area contributed by atoms with Crippen molar-refractivity contribution in [2.24, 2.45) is 0 Å². The van der Waals surface area contributed by atoms with E-state index in [1.165, 1.54) is 0 Å². The van der Waals surface area contributed by atoms with Crippen molar-refractivity contribution in [3.8, 4) is 11.5 Å². The summed E-state index contributed by atoms with van der Waals surface area (Å²) >= 11 is 0. The van der Waals surface area contributed by atoms with Crippen LogP contribution in [0.5, 0.6) is 11.5 Å². The molecule has 1 N–H and O–H groups in total. The van der Waals surface area contributed by atoms with E-state index in [1.807, 2.05) is 60.7 Å². The highest BCUT2D eigenvalue weighted by molar-refractivity contribution is 5.84. The van der Waals surface area contributed by atoms with Crippen LogP contribution in [0.15, 0.2) is 66.7 Å². The maximum Gasteiger partial charge on any atom is 0.261 e. The van der Waals surface area contributed by atoms with Gasteiger partial charge in [-0.15, -0.1) is 0 Å². The van der Waals surface area contributed by atoms with Crippen LogP contribution in [0.25, 0.3) is 10.8 Å². The van der Waals surface area contributed by atoms with Crippen LogP contribution in [0.2, 0.25) is 0 Å². The molecule has 0 aliphatic carbocycles. The zero-order valence-corrected chi connectivity index (χ0v) is 17.9. The number of rotatable bonds is 6. The number of hydrogen-bond donors (Lipinski definition) is 1. The van der Waals surface area contributed by atoms with E-state index in [4.69, 9.17) is 9.47 Å². The number of carbonyl (C=O) groups is 1. The third-order valence-corrected chi connectivity index (χ3v) is 6.21. The minimum atomic E-state index is -0.598. The smallest absolute Gasteiger partial charge is 0.261 e. The summed E-state index contributed by atoms with van der Waals surface area (Å²) in [4.78, 5) is 13.0. The van der Waals surface area contributed by atoms with Gasteiger partial charge in [0.05, 0.1) is 6.04 Å². The van der Waals surface area contributed by atoms with E-state index in [0.29, 0.717) is 5.75 Å². The molecule has 4 heteroatoms. The van der Waals surface area contributed by atoms with Crippen molar-refractivity contribution in [2.75, 3.05) is 0 Å². The van der Waals surface area contributed by atoms with Gasteiger partial charge in [-0.1, -0.05) is 62.4 Å². The minimum Gasteiger partial charge on any atom is -0.487 e. The molecule has 156 valence electrons. The van der Waals surface area contributed by atoms with E-state index >= 15 is 0 Å². The molecule has 0 radical (unpaired) electrons. The highest BCUT2D eigenvalue weighted by Crippen LogP contribution is 2.42. The molecule has 0 fully saturated rings. The molecule has 0 unspecified atom stereocenters. The molecule has 0 saturated carbocycles. The molecule has 1 heterocycles. The molecule has 1 aliphatic heterocycles. The van der Waals surface area contributed by atoms with Crippen LogP contribution in [0, 0.1) is 0 Å². The van der Waals surface area contributed by atoms with E-state index in [9.17, 15) is 4.79 Å². The van der Waals surface area contributed by atoms with Crippen LogP contribution in [0.1, 0.15) is 51.6 Å². The maximum absolute atomic E-state index is 13.0. The Bertz CT molecular complexity index is 1040. The third-order valence-electron chi connectivity index (χ3n) is 6.21. The fourth-order valence-corrected chi connectivity index (χ4v) is 4.22. The van der Waals surface area contributed by atoms with Gasteiger partial charge >= 0.3 is 0 Å². The summed E-state index contributed by atoms with van der Waals surface area (Å²) in [5.74, 6) is 1.44. The van der Waals surface area contributed by atoms with Gasteiger partial charge in [0.15, 0.2) is 6.10 Å². The number of amides is 1. The fourth-order valence-electron chi connectivity index (χ4n) is 4.22. The predicted molar refractivity (Wildman–Crippen MR) is 120 cm³/mol. The van der Waals surface area contributed by atoms with Crippen LogP contribution in [-0.4, -0.2) is 17.6 Å². The van der Waals surface area contributed by atoms with Gasteiger partial charge in [0, 0.05) is 12.0 Å². The van der Waals surface area contributed by atoms with E-state index in [1.54, 1.807) is 6.92 Å². The SMILES string of the molecule is CCC1(CC)C[C@@H](NC(=O)[C@@H](C)Oc2ccc3ccccc3c2)c2ccccc2O1. The van der Waals surface area contributed by atoms with Gasteiger partial charge in [-0.05, 0) is 48.7 Å². The zero-order chi connectivity index (χ0) is 21.1. The Morgan fingerprint density at radius 2 is 1.77 bits per heavy atom. The molecule has 30 heavy (non-hydrogen) atoms. The molecule has 3 aromatic rings. The summed E-state index contributed by atoms with van der Waals surface area (Å²) in [5.41, 5.74) is 0.774. The summed E-state index contributed by atoms with van der Waals surface area (Å²) in [6, 6.07) is 21.9. The van der Waals surface area contributed by atoms with Gasteiger partial charge in [0.1, 0.15) is 17.1 Å². The Morgan fingerprint density at radius 1 is 1.07 bits per heavy atom. The third kappa shape index (κ3) is 4.00. The monoisotopic (exact) mass is 403 g/mol. The first-order valence-electron chi connectivity index (χ1n) is 10.8. The number of ether oxygens (including phenoxy) is 2. The van der Waals surface area contributed by atoms with Gasteiger partial charge < -0.3 is 14.8 Å². The van der Waals surface area contributed by atoms with Crippen LogP contribution in [0.3, 0.4) is 0 Å². The number of fused-ring (bicyclic) bond motifs is 2. The fraction of sp³-hybridized carbons (Fsp3) is 0.346. The van der Waals surface area contributed by atoms with Crippen LogP contribution < -0.4 is 14.8 Å². The van der Waals surface area contributed by atoms with Crippen LogP contribution in [0.4, 0.5) is 0 Å². The van der Waals surface area contributed by atoms with E-state index in [-0.39, 0.29) is 17.6 Å². The second-order valence-electron chi connectivity index (χ2n) is 8.06. The van der Waals surface area contributed by atoms with Crippen molar-refractivity contribution in [1.82, 2.24) is 5.32 Å². The van der Waals surface area contributed by atoms with Crippen molar-refractivity contribution in [3.05, 3.63) is 72.3 Å². The highest BCUT2D eigenvalue weighted by Gasteiger charge is 2.39. The maximum atomic E-state index is 13.0. The van der Waals surface area contributed by atoms with Gasteiger partial charge in [-0.2, -0.15) is 0 Å². The Hall–Kier alpha value is -3.01. The molecule has 3 aromatic carbocycles. The molecule has 4 nitrogen and oxygen atoms in total. The lowest BCUT2D eigenvalue weighted by Gasteiger charge is -2.41. The number of nitrogens with one attached hydrogen (secondary N) is 1. The van der Waals surface area contributed by atoms with Gasteiger partial charge in [0.2, 0.25) is 0 Å². The molecule has 0 saturated heterocycles. The molecular weight excluding hydrogens is 374 g/mol. The molecule has 0 bridgehead atoms. The Labute approximate surface area is 178 Å². The first-order valence-corrected chi connectivity index (χ1v) is 10.8. The van der Waals surface area contributed by atoms with Gasteiger partial charge in [0.25, 0.3) is 5.91 Å². The topological polar surface area (TPSA) is 47.6 Å². The predicted octanol–water partition coefficient (Wildman–Crippen LogP) is 5.81. The molecule has 0 aromatic heterocycles. The number of carbonyl (C=O) groups excluding carboxylic acids is 1.